The first-order valence-corrected chi connectivity index (χ1v) is 9.79. The summed E-state index contributed by atoms with van der Waals surface area (Å²) in [7, 11) is 1.59. The van der Waals surface area contributed by atoms with Crippen molar-refractivity contribution in [3.05, 3.63) is 60.0 Å². The molecule has 1 atom stereocenters. The maximum absolute atomic E-state index is 12.5. The van der Waals surface area contributed by atoms with Gasteiger partial charge in [0.25, 0.3) is 5.91 Å². The molecule has 0 saturated carbocycles. The van der Waals surface area contributed by atoms with Crippen LogP contribution in [0, 0.1) is 6.92 Å². The Bertz CT molecular complexity index is 1080. The van der Waals surface area contributed by atoms with Crippen molar-refractivity contribution in [2.75, 3.05) is 30.5 Å². The highest BCUT2D eigenvalue weighted by Crippen LogP contribution is 2.32. The van der Waals surface area contributed by atoms with Gasteiger partial charge >= 0.3 is 6.01 Å². The van der Waals surface area contributed by atoms with Crippen molar-refractivity contribution in [2.24, 2.45) is 0 Å². The smallest absolute Gasteiger partial charge is 0.322 e. The Morgan fingerprint density at radius 1 is 1.19 bits per heavy atom. The molecule has 1 aromatic heterocycles. The summed E-state index contributed by atoms with van der Waals surface area (Å²) in [6.07, 6.45) is 0.248. The normalized spacial score (nSPS) is 15.7. The average Bonchev–Trinajstić information content (AvgIpc) is 3.40. The van der Waals surface area contributed by atoms with Crippen LogP contribution >= 0.6 is 0 Å². The third-order valence-corrected chi connectivity index (χ3v) is 5.00. The van der Waals surface area contributed by atoms with E-state index >= 15 is 0 Å². The second-order valence-corrected chi connectivity index (χ2v) is 7.15. The Morgan fingerprint density at radius 2 is 1.97 bits per heavy atom. The molecule has 3 aromatic rings. The molecule has 0 spiro atoms. The molecule has 0 radical (unpaired) electrons. The quantitative estimate of drug-likeness (QED) is 0.624. The lowest BCUT2D eigenvalue weighted by atomic mass is 10.1. The molecule has 0 unspecified atom stereocenters. The van der Waals surface area contributed by atoms with Gasteiger partial charge in [-0.1, -0.05) is 23.3 Å². The number of nitrogens with one attached hydrogen (secondary N) is 1. The fraction of sp³-hybridized carbons (Fsp3) is 0.273. The molecule has 160 valence electrons. The minimum Gasteiger partial charge on any atom is -0.497 e. The molecular formula is C22H22N4O5. The maximum atomic E-state index is 12.5. The molecule has 2 heterocycles. The minimum absolute atomic E-state index is 0.0243. The van der Waals surface area contributed by atoms with E-state index in [9.17, 15) is 9.59 Å². The van der Waals surface area contributed by atoms with Gasteiger partial charge in [0.2, 0.25) is 11.8 Å². The molecule has 2 amide bonds. The predicted molar refractivity (Wildman–Crippen MR) is 112 cm³/mol. The van der Waals surface area contributed by atoms with Gasteiger partial charge < -0.3 is 18.8 Å². The number of methoxy groups -OCH3 is 1. The van der Waals surface area contributed by atoms with E-state index in [0.29, 0.717) is 18.2 Å². The van der Waals surface area contributed by atoms with Crippen LogP contribution in [0.5, 0.6) is 11.5 Å². The highest BCUT2D eigenvalue weighted by atomic mass is 16.5. The lowest BCUT2D eigenvalue weighted by Crippen LogP contribution is -2.24. The lowest BCUT2D eigenvalue weighted by molar-refractivity contribution is -0.118. The molecule has 1 aliphatic rings. The van der Waals surface area contributed by atoms with Crippen molar-refractivity contribution in [3.63, 3.8) is 0 Å². The highest BCUT2D eigenvalue weighted by Gasteiger charge is 2.35. The van der Waals surface area contributed by atoms with E-state index in [1.165, 1.54) is 0 Å². The SMILES string of the molecule is COc1ccc(N2C[C@H](c3nnc(NC(=O)COc4ccccc4C)o3)CC2=O)cc1. The second-order valence-electron chi connectivity index (χ2n) is 7.15. The first-order chi connectivity index (χ1) is 15.0. The zero-order chi connectivity index (χ0) is 21.8. The summed E-state index contributed by atoms with van der Waals surface area (Å²) in [5, 5.41) is 10.4. The van der Waals surface area contributed by atoms with Crippen LogP contribution in [0.25, 0.3) is 0 Å². The van der Waals surface area contributed by atoms with Gasteiger partial charge in [0.15, 0.2) is 6.61 Å². The van der Waals surface area contributed by atoms with Crippen molar-refractivity contribution >= 4 is 23.5 Å². The van der Waals surface area contributed by atoms with E-state index in [-0.39, 0.29) is 30.9 Å². The largest absolute Gasteiger partial charge is 0.497 e. The molecule has 9 heteroatoms. The number of amides is 2. The topological polar surface area (TPSA) is 107 Å². The number of ether oxygens (including phenoxy) is 2. The van der Waals surface area contributed by atoms with E-state index in [2.05, 4.69) is 15.5 Å². The fourth-order valence-electron chi connectivity index (χ4n) is 3.35. The lowest BCUT2D eigenvalue weighted by Gasteiger charge is -2.16. The van der Waals surface area contributed by atoms with Crippen molar-refractivity contribution < 1.29 is 23.5 Å². The number of para-hydroxylation sites is 1. The number of hydrogen-bond donors (Lipinski definition) is 1. The molecule has 9 nitrogen and oxygen atoms in total. The van der Waals surface area contributed by atoms with Crippen LogP contribution in [0.3, 0.4) is 0 Å². The zero-order valence-electron chi connectivity index (χ0n) is 17.2. The van der Waals surface area contributed by atoms with E-state index in [1.54, 1.807) is 30.2 Å². The Kier molecular flexibility index (Phi) is 5.83. The van der Waals surface area contributed by atoms with Crippen molar-refractivity contribution in [3.8, 4) is 11.5 Å². The van der Waals surface area contributed by atoms with Crippen LogP contribution in [0.2, 0.25) is 0 Å². The zero-order valence-corrected chi connectivity index (χ0v) is 17.2. The molecule has 31 heavy (non-hydrogen) atoms. The molecule has 2 aromatic carbocycles. The molecular weight excluding hydrogens is 400 g/mol. The Morgan fingerprint density at radius 3 is 2.71 bits per heavy atom. The monoisotopic (exact) mass is 422 g/mol. The van der Waals surface area contributed by atoms with Gasteiger partial charge in [-0.3, -0.25) is 14.9 Å². The van der Waals surface area contributed by atoms with Crippen LogP contribution in [0.1, 0.15) is 23.8 Å². The summed E-state index contributed by atoms with van der Waals surface area (Å²) in [5.74, 6) is 0.949. The summed E-state index contributed by atoms with van der Waals surface area (Å²) in [6.45, 7) is 2.13. The van der Waals surface area contributed by atoms with Crippen LogP contribution in [-0.2, 0) is 9.59 Å². The first kappa shape index (κ1) is 20.4. The molecule has 1 aliphatic heterocycles. The standard InChI is InChI=1S/C22H22N4O5/c1-14-5-3-4-6-18(14)30-13-19(27)23-22-25-24-21(31-22)15-11-20(28)26(12-15)16-7-9-17(29-2)10-8-16/h3-10,15H,11-13H2,1-2H3,(H,23,25,27)/t15-/m1/s1. The number of nitrogens with zero attached hydrogens (tertiary/aromatic N) is 3. The highest BCUT2D eigenvalue weighted by molar-refractivity contribution is 5.96. The number of carbonyl (C=O) groups excluding carboxylic acids is 2. The Labute approximate surface area is 179 Å². The van der Waals surface area contributed by atoms with Gasteiger partial charge in [-0.05, 0) is 42.8 Å². The maximum Gasteiger partial charge on any atom is 0.322 e. The average molecular weight is 422 g/mol. The van der Waals surface area contributed by atoms with E-state index in [4.69, 9.17) is 13.9 Å². The van der Waals surface area contributed by atoms with Crippen molar-refractivity contribution in [2.45, 2.75) is 19.3 Å². The van der Waals surface area contributed by atoms with E-state index in [1.807, 2.05) is 37.3 Å². The van der Waals surface area contributed by atoms with Gasteiger partial charge in [0.1, 0.15) is 11.5 Å². The summed E-state index contributed by atoms with van der Waals surface area (Å²) in [4.78, 5) is 26.3. The summed E-state index contributed by atoms with van der Waals surface area (Å²) < 4.78 is 16.2. The number of benzene rings is 2. The van der Waals surface area contributed by atoms with Crippen LogP contribution in [0.15, 0.2) is 52.9 Å². The minimum atomic E-state index is -0.416. The van der Waals surface area contributed by atoms with E-state index < -0.39 is 5.91 Å². The molecule has 0 aliphatic carbocycles. The molecule has 1 saturated heterocycles. The van der Waals surface area contributed by atoms with Crippen LogP contribution in [-0.4, -0.2) is 42.3 Å². The molecule has 0 bridgehead atoms. The van der Waals surface area contributed by atoms with Gasteiger partial charge in [-0.25, -0.2) is 0 Å². The number of carbonyl (C=O) groups is 2. The molecule has 1 fully saturated rings. The van der Waals surface area contributed by atoms with Gasteiger partial charge in [0.05, 0.1) is 13.0 Å². The first-order valence-electron chi connectivity index (χ1n) is 9.79. The summed E-state index contributed by atoms with van der Waals surface area (Å²) in [6, 6.07) is 14.7. The summed E-state index contributed by atoms with van der Waals surface area (Å²) in [5.41, 5.74) is 1.71. The van der Waals surface area contributed by atoms with E-state index in [0.717, 1.165) is 17.0 Å². The van der Waals surface area contributed by atoms with Crippen LogP contribution in [0.4, 0.5) is 11.7 Å². The third kappa shape index (κ3) is 4.66. The number of hydrogen-bond acceptors (Lipinski definition) is 7. The Hall–Kier alpha value is -3.88. The molecule has 4 rings (SSSR count). The van der Waals surface area contributed by atoms with Gasteiger partial charge in [-0.2, -0.15) is 0 Å². The van der Waals surface area contributed by atoms with Crippen molar-refractivity contribution in [1.82, 2.24) is 10.2 Å². The second kappa shape index (κ2) is 8.86. The number of aryl methyl sites for hydroxylation is 1. The number of anilines is 2. The molecule has 1 N–H and O–H groups in total. The predicted octanol–water partition coefficient (Wildman–Crippen LogP) is 2.92. The van der Waals surface area contributed by atoms with Crippen molar-refractivity contribution in [1.29, 1.82) is 0 Å². The number of aromatic nitrogens is 2. The number of rotatable bonds is 7. The fourth-order valence-corrected chi connectivity index (χ4v) is 3.35. The summed E-state index contributed by atoms with van der Waals surface area (Å²) >= 11 is 0. The Balaban J connectivity index is 1.34. The third-order valence-electron chi connectivity index (χ3n) is 5.00. The van der Waals surface area contributed by atoms with Crippen LogP contribution < -0.4 is 19.7 Å². The van der Waals surface area contributed by atoms with Gasteiger partial charge in [0, 0.05) is 18.7 Å². The van der Waals surface area contributed by atoms with Gasteiger partial charge in [-0.15, -0.1) is 5.10 Å².